The third-order valence-electron chi connectivity index (χ3n) is 6.30. The first-order valence-electron chi connectivity index (χ1n) is 12.1. The normalized spacial score (nSPS) is 15.5. The van der Waals surface area contributed by atoms with Crippen LogP contribution in [-0.4, -0.2) is 50.5 Å². The van der Waals surface area contributed by atoms with Crippen LogP contribution in [0, 0.1) is 6.92 Å². The Kier molecular flexibility index (Phi) is 6.99. The van der Waals surface area contributed by atoms with Gasteiger partial charge in [-0.15, -0.1) is 0 Å². The largest absolute Gasteiger partial charge is 0.378 e. The molecule has 0 atom stereocenters. The van der Waals surface area contributed by atoms with Gasteiger partial charge in [-0.25, -0.2) is 28.5 Å². The van der Waals surface area contributed by atoms with Gasteiger partial charge in [0.2, 0.25) is 10.0 Å². The summed E-state index contributed by atoms with van der Waals surface area (Å²) in [5.74, 6) is 2.53. The van der Waals surface area contributed by atoms with Gasteiger partial charge in [0.1, 0.15) is 17.3 Å². The molecule has 1 fully saturated rings. The van der Waals surface area contributed by atoms with E-state index in [1.54, 1.807) is 24.3 Å². The van der Waals surface area contributed by atoms with Gasteiger partial charge in [-0.1, -0.05) is 24.3 Å². The average Bonchev–Trinajstić information content (AvgIpc) is 3.26. The van der Waals surface area contributed by atoms with Gasteiger partial charge in [-0.3, -0.25) is 0 Å². The van der Waals surface area contributed by atoms with E-state index in [9.17, 15) is 8.42 Å². The maximum Gasteiger partial charge on any atom is 0.238 e. The predicted molar refractivity (Wildman–Crippen MR) is 141 cm³/mol. The number of amidine groups is 1. The number of anilines is 2. The van der Waals surface area contributed by atoms with Gasteiger partial charge >= 0.3 is 0 Å². The molecule has 2 aromatic carbocycles. The molecule has 3 N–H and O–H groups in total. The molecule has 1 saturated heterocycles. The standard InChI is InChI=1S/C26H30N6O3S/c1-18-4-2-6-20(16-18)28-24-17-22-25(30-24)26(32-12-14-35-15-13-32)31-23(29-22)7-3-5-19-8-10-21(11-9-19)36(27,33)34/h2,4,6,8-11,16H,3,5,7,12-15,17H2,1H3,(H,28,30)(H2,27,33,34). The van der Waals surface area contributed by atoms with Crippen molar-refractivity contribution in [1.29, 1.82) is 0 Å². The molecular weight excluding hydrogens is 476 g/mol. The van der Waals surface area contributed by atoms with Crippen molar-refractivity contribution in [2.75, 3.05) is 36.5 Å². The molecule has 188 valence electrons. The minimum Gasteiger partial charge on any atom is -0.378 e. The van der Waals surface area contributed by atoms with E-state index in [4.69, 9.17) is 24.8 Å². The first-order valence-corrected chi connectivity index (χ1v) is 13.7. The lowest BCUT2D eigenvalue weighted by atomic mass is 10.1. The molecule has 2 aliphatic rings. The van der Waals surface area contributed by atoms with Crippen molar-refractivity contribution in [2.24, 2.45) is 10.1 Å². The summed E-state index contributed by atoms with van der Waals surface area (Å²) in [6.45, 7) is 4.95. The number of nitrogens with two attached hydrogens (primary N) is 1. The summed E-state index contributed by atoms with van der Waals surface area (Å²) in [5, 5.41) is 8.64. The summed E-state index contributed by atoms with van der Waals surface area (Å²) >= 11 is 0. The van der Waals surface area contributed by atoms with Crippen LogP contribution in [0.1, 0.15) is 29.1 Å². The van der Waals surface area contributed by atoms with Crippen LogP contribution in [0.4, 0.5) is 17.2 Å². The molecule has 9 nitrogen and oxygen atoms in total. The van der Waals surface area contributed by atoms with Crippen molar-refractivity contribution in [2.45, 2.75) is 37.5 Å². The number of hydrogen-bond acceptors (Lipinski definition) is 8. The van der Waals surface area contributed by atoms with Crippen LogP contribution in [0.3, 0.4) is 0 Å². The van der Waals surface area contributed by atoms with E-state index >= 15 is 0 Å². The minimum absolute atomic E-state index is 0.124. The molecule has 5 rings (SSSR count). The van der Waals surface area contributed by atoms with Crippen LogP contribution in [0.5, 0.6) is 0 Å². The zero-order valence-corrected chi connectivity index (χ0v) is 21.1. The highest BCUT2D eigenvalue weighted by Crippen LogP contribution is 2.35. The number of primary sulfonamides is 1. The Hall–Kier alpha value is -3.34. The summed E-state index contributed by atoms with van der Waals surface area (Å²) in [6.07, 6.45) is 2.97. The van der Waals surface area contributed by atoms with Gasteiger partial charge in [0.05, 0.1) is 30.2 Å². The lowest BCUT2D eigenvalue weighted by molar-refractivity contribution is 0.122. The third-order valence-corrected chi connectivity index (χ3v) is 7.23. The Morgan fingerprint density at radius 1 is 1.06 bits per heavy atom. The fraction of sp³-hybridized carbons (Fsp3) is 0.346. The SMILES string of the molecule is Cc1cccc(NC2=Nc3c(nc(CCCc4ccc(S(N)(=O)=O)cc4)nc3N3CCOCC3)C2)c1. The lowest BCUT2D eigenvalue weighted by Crippen LogP contribution is -2.37. The van der Waals surface area contributed by atoms with Gasteiger partial charge in [-0.05, 0) is 55.2 Å². The monoisotopic (exact) mass is 506 g/mol. The molecule has 0 aliphatic carbocycles. The number of benzene rings is 2. The number of aromatic nitrogens is 2. The Morgan fingerprint density at radius 3 is 2.56 bits per heavy atom. The second-order valence-corrected chi connectivity index (χ2v) is 10.7. The lowest BCUT2D eigenvalue weighted by Gasteiger charge is -2.28. The number of sulfonamides is 1. The van der Waals surface area contributed by atoms with E-state index in [1.807, 2.05) is 12.1 Å². The predicted octanol–water partition coefficient (Wildman–Crippen LogP) is 3.14. The van der Waals surface area contributed by atoms with Crippen molar-refractivity contribution >= 4 is 33.1 Å². The summed E-state index contributed by atoms with van der Waals surface area (Å²) in [5.41, 5.74) is 5.02. The van der Waals surface area contributed by atoms with Crippen molar-refractivity contribution in [1.82, 2.24) is 9.97 Å². The van der Waals surface area contributed by atoms with Crippen LogP contribution in [0.15, 0.2) is 58.4 Å². The molecule has 0 spiro atoms. The molecule has 2 aliphatic heterocycles. The molecule has 0 unspecified atom stereocenters. The van der Waals surface area contributed by atoms with E-state index in [0.29, 0.717) is 26.1 Å². The highest BCUT2D eigenvalue weighted by atomic mass is 32.2. The summed E-state index contributed by atoms with van der Waals surface area (Å²) in [4.78, 5) is 17.1. The Bertz CT molecular complexity index is 1380. The van der Waals surface area contributed by atoms with E-state index < -0.39 is 10.0 Å². The van der Waals surface area contributed by atoms with E-state index in [0.717, 1.165) is 66.0 Å². The van der Waals surface area contributed by atoms with E-state index in [2.05, 4.69) is 29.3 Å². The number of hydrogen-bond donors (Lipinski definition) is 2. The number of aryl methyl sites for hydroxylation is 3. The Balaban J connectivity index is 1.32. The molecule has 3 aromatic rings. The Morgan fingerprint density at radius 2 is 1.83 bits per heavy atom. The van der Waals surface area contributed by atoms with E-state index in [-0.39, 0.29) is 4.90 Å². The highest BCUT2D eigenvalue weighted by Gasteiger charge is 2.26. The average molecular weight is 507 g/mol. The van der Waals surface area contributed by atoms with E-state index in [1.165, 1.54) is 5.56 Å². The fourth-order valence-electron chi connectivity index (χ4n) is 4.47. The molecular formula is C26H30N6O3S. The summed E-state index contributed by atoms with van der Waals surface area (Å²) in [7, 11) is -3.68. The first-order chi connectivity index (χ1) is 17.3. The van der Waals surface area contributed by atoms with Gasteiger partial charge in [0.25, 0.3) is 0 Å². The molecule has 10 heteroatoms. The molecule has 0 saturated carbocycles. The zero-order valence-electron chi connectivity index (χ0n) is 20.3. The number of fused-ring (bicyclic) bond motifs is 1. The second-order valence-electron chi connectivity index (χ2n) is 9.13. The number of aliphatic imine (C=N–C) groups is 1. The number of rotatable bonds is 7. The maximum atomic E-state index is 11.5. The second kappa shape index (κ2) is 10.3. The third kappa shape index (κ3) is 5.72. The van der Waals surface area contributed by atoms with Crippen molar-refractivity contribution < 1.29 is 13.2 Å². The number of morpholine rings is 1. The minimum atomic E-state index is -3.68. The summed E-state index contributed by atoms with van der Waals surface area (Å²) < 4.78 is 28.5. The number of nitrogens with one attached hydrogen (secondary N) is 1. The zero-order chi connectivity index (χ0) is 25.1. The van der Waals surface area contributed by atoms with Gasteiger partial charge in [-0.2, -0.15) is 0 Å². The smallest absolute Gasteiger partial charge is 0.238 e. The highest BCUT2D eigenvalue weighted by molar-refractivity contribution is 7.89. The quantitative estimate of drug-likeness (QED) is 0.505. The molecule has 1 aromatic heterocycles. The van der Waals surface area contributed by atoms with Crippen molar-refractivity contribution in [3.05, 3.63) is 71.2 Å². The van der Waals surface area contributed by atoms with Gasteiger partial charge in [0, 0.05) is 25.2 Å². The topological polar surface area (TPSA) is 123 Å². The van der Waals surface area contributed by atoms with Gasteiger partial charge < -0.3 is 15.0 Å². The van der Waals surface area contributed by atoms with Crippen LogP contribution in [-0.2, 0) is 34.0 Å². The van der Waals surface area contributed by atoms with Gasteiger partial charge in [0.15, 0.2) is 5.82 Å². The van der Waals surface area contributed by atoms with Crippen LogP contribution >= 0.6 is 0 Å². The molecule has 0 amide bonds. The maximum absolute atomic E-state index is 11.5. The first kappa shape index (κ1) is 24.4. The Labute approximate surface area is 211 Å². The van der Waals surface area contributed by atoms with Crippen LogP contribution < -0.4 is 15.4 Å². The van der Waals surface area contributed by atoms with Crippen molar-refractivity contribution in [3.8, 4) is 0 Å². The molecule has 36 heavy (non-hydrogen) atoms. The summed E-state index contributed by atoms with van der Waals surface area (Å²) in [6, 6.07) is 14.9. The number of ether oxygens (including phenoxy) is 1. The van der Waals surface area contributed by atoms with Crippen LogP contribution in [0.25, 0.3) is 0 Å². The molecule has 0 radical (unpaired) electrons. The molecule has 0 bridgehead atoms. The van der Waals surface area contributed by atoms with Crippen molar-refractivity contribution in [3.63, 3.8) is 0 Å². The number of nitrogens with zero attached hydrogens (tertiary/aromatic N) is 4. The fourth-order valence-corrected chi connectivity index (χ4v) is 4.99. The van der Waals surface area contributed by atoms with Crippen LogP contribution in [0.2, 0.25) is 0 Å². The molecule has 3 heterocycles.